The van der Waals surface area contributed by atoms with Gasteiger partial charge in [-0.05, 0) is 55.5 Å². The number of aromatic nitrogens is 3. The van der Waals surface area contributed by atoms with Crippen molar-refractivity contribution >= 4 is 27.3 Å². The van der Waals surface area contributed by atoms with Gasteiger partial charge in [-0.25, -0.2) is 22.5 Å². The molecule has 0 aliphatic heterocycles. The quantitative estimate of drug-likeness (QED) is 0.673. The summed E-state index contributed by atoms with van der Waals surface area (Å²) in [5.41, 5.74) is 0.804. The van der Waals surface area contributed by atoms with Crippen molar-refractivity contribution in [2.75, 3.05) is 10.0 Å². The summed E-state index contributed by atoms with van der Waals surface area (Å²) in [4.78, 5) is 15.9. The smallest absolute Gasteiger partial charge is 0.261 e. The lowest BCUT2D eigenvalue weighted by Crippen LogP contribution is -2.24. The van der Waals surface area contributed by atoms with E-state index in [-0.39, 0.29) is 10.8 Å². The van der Waals surface area contributed by atoms with Crippen molar-refractivity contribution in [1.82, 2.24) is 14.8 Å². The number of sulfonamides is 1. The van der Waals surface area contributed by atoms with Crippen LogP contribution in [0.15, 0.2) is 66.1 Å². The molecule has 0 saturated carbocycles. The van der Waals surface area contributed by atoms with Crippen molar-refractivity contribution in [3.63, 3.8) is 0 Å². The molecule has 1 atom stereocenters. The zero-order chi connectivity index (χ0) is 19.4. The minimum Gasteiger partial charge on any atom is -0.324 e. The molecule has 0 spiro atoms. The second-order valence-electron chi connectivity index (χ2n) is 5.68. The minimum absolute atomic E-state index is 0.0528. The van der Waals surface area contributed by atoms with E-state index in [0.717, 1.165) is 12.1 Å². The Morgan fingerprint density at radius 3 is 2.30 bits per heavy atom. The molecule has 0 radical (unpaired) electrons. The molecule has 27 heavy (non-hydrogen) atoms. The van der Waals surface area contributed by atoms with E-state index in [0.29, 0.717) is 11.4 Å². The van der Waals surface area contributed by atoms with E-state index in [1.807, 2.05) is 0 Å². The Balaban J connectivity index is 1.66. The maximum atomic E-state index is 12.9. The first-order valence-electron chi connectivity index (χ1n) is 7.88. The number of halogens is 1. The molecule has 0 aliphatic carbocycles. The second-order valence-corrected chi connectivity index (χ2v) is 7.36. The third kappa shape index (κ3) is 4.47. The molecule has 0 aliphatic rings. The first-order chi connectivity index (χ1) is 12.8. The van der Waals surface area contributed by atoms with Gasteiger partial charge in [0.15, 0.2) is 0 Å². The minimum atomic E-state index is -3.83. The number of amides is 1. The zero-order valence-corrected chi connectivity index (χ0v) is 15.0. The number of anilines is 2. The molecule has 8 nitrogen and oxygen atoms in total. The van der Waals surface area contributed by atoms with Crippen molar-refractivity contribution in [1.29, 1.82) is 0 Å². The largest absolute Gasteiger partial charge is 0.324 e. The van der Waals surface area contributed by atoms with Crippen LogP contribution in [0.25, 0.3) is 0 Å². The number of nitrogens with zero attached hydrogens (tertiary/aromatic N) is 3. The Morgan fingerprint density at radius 2 is 1.70 bits per heavy atom. The summed E-state index contributed by atoms with van der Waals surface area (Å²) in [6, 6.07) is 10.1. The molecular weight excluding hydrogens is 373 g/mol. The molecule has 3 rings (SSSR count). The van der Waals surface area contributed by atoms with Gasteiger partial charge in [0.1, 0.15) is 24.5 Å². The van der Waals surface area contributed by atoms with Crippen LogP contribution in [0.5, 0.6) is 0 Å². The summed E-state index contributed by atoms with van der Waals surface area (Å²) in [7, 11) is -3.83. The summed E-state index contributed by atoms with van der Waals surface area (Å²) in [5, 5.41) is 6.62. The highest BCUT2D eigenvalue weighted by Gasteiger charge is 2.16. The molecule has 140 valence electrons. The van der Waals surface area contributed by atoms with E-state index in [4.69, 9.17) is 0 Å². The predicted octanol–water partition coefficient (Wildman–Crippen LogP) is 2.42. The van der Waals surface area contributed by atoms with Gasteiger partial charge in [-0.3, -0.25) is 9.52 Å². The summed E-state index contributed by atoms with van der Waals surface area (Å²) in [6.45, 7) is 1.68. The molecule has 1 unspecified atom stereocenters. The lowest BCUT2D eigenvalue weighted by Gasteiger charge is -2.13. The zero-order valence-electron chi connectivity index (χ0n) is 14.2. The Hall–Kier alpha value is -3.27. The molecule has 1 aromatic heterocycles. The molecule has 2 N–H and O–H groups in total. The van der Waals surface area contributed by atoms with Crippen LogP contribution in [0.2, 0.25) is 0 Å². The van der Waals surface area contributed by atoms with Crippen molar-refractivity contribution in [3.05, 3.63) is 67.0 Å². The number of hydrogen-bond acceptors (Lipinski definition) is 5. The lowest BCUT2D eigenvalue weighted by atomic mass is 10.2. The van der Waals surface area contributed by atoms with Gasteiger partial charge < -0.3 is 5.32 Å². The Bertz CT molecular complexity index is 1020. The van der Waals surface area contributed by atoms with Crippen LogP contribution in [-0.4, -0.2) is 29.1 Å². The van der Waals surface area contributed by atoms with Gasteiger partial charge in [0.05, 0.1) is 4.90 Å². The van der Waals surface area contributed by atoms with Gasteiger partial charge in [-0.2, -0.15) is 5.10 Å². The summed E-state index contributed by atoms with van der Waals surface area (Å²) in [5.74, 6) is -0.811. The van der Waals surface area contributed by atoms with Crippen LogP contribution in [0.3, 0.4) is 0 Å². The normalized spacial score (nSPS) is 12.4. The monoisotopic (exact) mass is 389 g/mol. The highest BCUT2D eigenvalue weighted by Crippen LogP contribution is 2.19. The van der Waals surface area contributed by atoms with Gasteiger partial charge in [0.25, 0.3) is 10.0 Å². The van der Waals surface area contributed by atoms with Gasteiger partial charge in [-0.15, -0.1) is 0 Å². The average Bonchev–Trinajstić information content (AvgIpc) is 3.17. The summed E-state index contributed by atoms with van der Waals surface area (Å²) < 4.78 is 41.3. The highest BCUT2D eigenvalue weighted by molar-refractivity contribution is 7.92. The topological polar surface area (TPSA) is 106 Å². The van der Waals surface area contributed by atoms with Crippen LogP contribution in [0.1, 0.15) is 13.0 Å². The number of hydrogen-bond donors (Lipinski definition) is 2. The molecule has 0 bridgehead atoms. The fraction of sp³-hybridized carbons (Fsp3) is 0.118. The van der Waals surface area contributed by atoms with E-state index in [1.54, 1.807) is 19.1 Å². The van der Waals surface area contributed by atoms with Gasteiger partial charge in [0.2, 0.25) is 5.91 Å². The number of nitrogens with one attached hydrogen (secondary N) is 2. The SMILES string of the molecule is CC(C(=O)Nc1ccc(NS(=O)(=O)c2ccc(F)cc2)cc1)n1cncn1. The van der Waals surface area contributed by atoms with Crippen LogP contribution < -0.4 is 10.0 Å². The molecule has 0 fully saturated rings. The van der Waals surface area contributed by atoms with Gasteiger partial charge in [-0.1, -0.05) is 0 Å². The van der Waals surface area contributed by atoms with E-state index < -0.39 is 21.9 Å². The van der Waals surface area contributed by atoms with Crippen molar-refractivity contribution in [2.45, 2.75) is 17.9 Å². The Labute approximate surface area is 155 Å². The average molecular weight is 389 g/mol. The van der Waals surface area contributed by atoms with Crippen molar-refractivity contribution in [2.24, 2.45) is 0 Å². The molecular formula is C17H16FN5O3S. The molecule has 1 amide bonds. The third-order valence-corrected chi connectivity index (χ3v) is 5.14. The maximum absolute atomic E-state index is 12.9. The summed E-state index contributed by atoms with van der Waals surface area (Å²) in [6.07, 6.45) is 2.78. The van der Waals surface area contributed by atoms with Crippen LogP contribution in [-0.2, 0) is 14.8 Å². The number of rotatable bonds is 6. The maximum Gasteiger partial charge on any atom is 0.261 e. The predicted molar refractivity (Wildman–Crippen MR) is 97.0 cm³/mol. The third-order valence-electron chi connectivity index (χ3n) is 3.74. The van der Waals surface area contributed by atoms with Crippen LogP contribution >= 0.6 is 0 Å². The highest BCUT2D eigenvalue weighted by atomic mass is 32.2. The van der Waals surface area contributed by atoms with E-state index in [9.17, 15) is 17.6 Å². The van der Waals surface area contributed by atoms with Gasteiger partial charge in [0, 0.05) is 11.4 Å². The van der Waals surface area contributed by atoms with Crippen LogP contribution in [0.4, 0.5) is 15.8 Å². The van der Waals surface area contributed by atoms with E-state index >= 15 is 0 Å². The number of carbonyl (C=O) groups excluding carboxylic acids is 1. The Morgan fingerprint density at radius 1 is 1.07 bits per heavy atom. The molecule has 3 aromatic rings. The second kappa shape index (κ2) is 7.54. The molecule has 0 saturated heterocycles. The molecule has 1 heterocycles. The van der Waals surface area contributed by atoms with Crippen LogP contribution in [0, 0.1) is 5.82 Å². The van der Waals surface area contributed by atoms with E-state index in [1.165, 1.54) is 41.6 Å². The molecule has 10 heteroatoms. The fourth-order valence-electron chi connectivity index (χ4n) is 2.23. The number of benzene rings is 2. The van der Waals surface area contributed by atoms with Gasteiger partial charge >= 0.3 is 0 Å². The summed E-state index contributed by atoms with van der Waals surface area (Å²) >= 11 is 0. The first kappa shape index (κ1) is 18.5. The molecule has 2 aromatic carbocycles. The lowest BCUT2D eigenvalue weighted by molar-refractivity contribution is -0.119. The van der Waals surface area contributed by atoms with Crippen molar-refractivity contribution in [3.8, 4) is 0 Å². The Kier molecular flexibility index (Phi) is 5.17. The standard InChI is InChI=1S/C17H16FN5O3S/c1-12(23-11-19-10-20-23)17(24)21-14-4-6-15(7-5-14)22-27(25,26)16-8-2-13(18)3-9-16/h2-12,22H,1H3,(H,21,24). The fourth-order valence-corrected chi connectivity index (χ4v) is 3.29. The van der Waals surface area contributed by atoms with E-state index in [2.05, 4.69) is 20.1 Å². The number of carbonyl (C=O) groups is 1. The van der Waals surface area contributed by atoms with Crippen molar-refractivity contribution < 1.29 is 17.6 Å². The first-order valence-corrected chi connectivity index (χ1v) is 9.37.